The summed E-state index contributed by atoms with van der Waals surface area (Å²) < 4.78 is 5.28. The molecular formula is C15H25N3O2. The molecular weight excluding hydrogens is 254 g/mol. The van der Waals surface area contributed by atoms with Gasteiger partial charge >= 0.3 is 0 Å². The summed E-state index contributed by atoms with van der Waals surface area (Å²) >= 11 is 0. The minimum absolute atomic E-state index is 0.165. The Kier molecular flexibility index (Phi) is 5.64. The van der Waals surface area contributed by atoms with Gasteiger partial charge in [0, 0.05) is 50.5 Å². The maximum Gasteiger partial charge on any atom is 0.120 e. The first-order valence-electron chi connectivity index (χ1n) is 7.16. The number of piperazine rings is 1. The summed E-state index contributed by atoms with van der Waals surface area (Å²) in [7, 11) is 3.59. The normalized spacial score (nSPS) is 18.1. The summed E-state index contributed by atoms with van der Waals surface area (Å²) in [6.07, 6.45) is 0. The van der Waals surface area contributed by atoms with Crippen molar-refractivity contribution in [1.29, 1.82) is 0 Å². The number of rotatable bonds is 6. The van der Waals surface area contributed by atoms with E-state index in [4.69, 9.17) is 4.74 Å². The third kappa shape index (κ3) is 3.85. The van der Waals surface area contributed by atoms with Crippen molar-refractivity contribution < 1.29 is 9.84 Å². The maximum atomic E-state index is 9.23. The van der Waals surface area contributed by atoms with Gasteiger partial charge in [0.2, 0.25) is 0 Å². The van der Waals surface area contributed by atoms with Gasteiger partial charge in [-0.05, 0) is 19.2 Å². The van der Waals surface area contributed by atoms with E-state index in [0.717, 1.165) is 38.5 Å². The van der Waals surface area contributed by atoms with Crippen molar-refractivity contribution >= 4 is 5.69 Å². The molecule has 0 bridgehead atoms. The number of nitrogens with one attached hydrogen (secondary N) is 1. The van der Waals surface area contributed by atoms with Crippen LogP contribution in [-0.2, 0) is 0 Å². The molecule has 1 aromatic rings. The predicted molar refractivity (Wildman–Crippen MR) is 81.6 cm³/mol. The van der Waals surface area contributed by atoms with Crippen LogP contribution < -0.4 is 15.0 Å². The highest BCUT2D eigenvalue weighted by molar-refractivity contribution is 5.51. The standard InChI is InChI=1S/C15H25N3O2/c1-16-13(12-19)11-17-6-8-18(9-7-17)14-4-3-5-15(10-14)20-2/h3-5,10,13,16,19H,6-9,11-12H2,1-2H3. The van der Waals surface area contributed by atoms with E-state index in [1.807, 2.05) is 19.2 Å². The van der Waals surface area contributed by atoms with Crippen molar-refractivity contribution in [3.05, 3.63) is 24.3 Å². The molecule has 5 heteroatoms. The van der Waals surface area contributed by atoms with Crippen molar-refractivity contribution in [3.63, 3.8) is 0 Å². The molecule has 0 saturated carbocycles. The summed E-state index contributed by atoms with van der Waals surface area (Å²) in [5, 5.41) is 12.4. The fraction of sp³-hybridized carbons (Fsp3) is 0.600. The van der Waals surface area contributed by atoms with Crippen molar-refractivity contribution in [1.82, 2.24) is 10.2 Å². The zero-order chi connectivity index (χ0) is 14.4. The third-order valence-corrected chi connectivity index (χ3v) is 3.90. The second-order valence-corrected chi connectivity index (χ2v) is 5.16. The summed E-state index contributed by atoms with van der Waals surface area (Å²) in [5.74, 6) is 0.903. The first kappa shape index (κ1) is 15.1. The Morgan fingerprint density at radius 2 is 2.05 bits per heavy atom. The first-order valence-corrected chi connectivity index (χ1v) is 7.16. The molecule has 20 heavy (non-hydrogen) atoms. The summed E-state index contributed by atoms with van der Waals surface area (Å²) in [5.41, 5.74) is 1.22. The van der Waals surface area contributed by atoms with Crippen LogP contribution in [0, 0.1) is 0 Å². The lowest BCUT2D eigenvalue weighted by Crippen LogP contribution is -2.51. The summed E-state index contributed by atoms with van der Waals surface area (Å²) in [4.78, 5) is 4.78. The molecule has 1 fully saturated rings. The van der Waals surface area contributed by atoms with Gasteiger partial charge in [-0.3, -0.25) is 4.90 Å². The molecule has 2 N–H and O–H groups in total. The van der Waals surface area contributed by atoms with E-state index in [-0.39, 0.29) is 12.6 Å². The maximum absolute atomic E-state index is 9.23. The molecule has 1 heterocycles. The van der Waals surface area contributed by atoms with Gasteiger partial charge in [-0.15, -0.1) is 0 Å². The van der Waals surface area contributed by atoms with E-state index in [0.29, 0.717) is 0 Å². The number of aliphatic hydroxyl groups is 1. The van der Waals surface area contributed by atoms with E-state index in [2.05, 4.69) is 27.2 Å². The number of aliphatic hydroxyl groups excluding tert-OH is 1. The number of hydrogen-bond acceptors (Lipinski definition) is 5. The number of nitrogens with zero attached hydrogens (tertiary/aromatic N) is 2. The van der Waals surface area contributed by atoms with Gasteiger partial charge in [-0.25, -0.2) is 0 Å². The molecule has 1 aromatic carbocycles. The second-order valence-electron chi connectivity index (χ2n) is 5.16. The molecule has 1 aliphatic rings. The SMILES string of the molecule is CNC(CO)CN1CCN(c2cccc(OC)c2)CC1. The Balaban J connectivity index is 1.87. The van der Waals surface area contributed by atoms with Crippen molar-refractivity contribution in [2.45, 2.75) is 6.04 Å². The number of anilines is 1. The van der Waals surface area contributed by atoms with Gasteiger partial charge in [0.1, 0.15) is 5.75 Å². The number of hydrogen-bond donors (Lipinski definition) is 2. The van der Waals surface area contributed by atoms with E-state index in [9.17, 15) is 5.11 Å². The van der Waals surface area contributed by atoms with Crippen LogP contribution in [0.25, 0.3) is 0 Å². The van der Waals surface area contributed by atoms with Crippen molar-refractivity contribution in [2.24, 2.45) is 0 Å². The molecule has 0 radical (unpaired) electrons. The van der Waals surface area contributed by atoms with E-state index < -0.39 is 0 Å². The minimum Gasteiger partial charge on any atom is -0.497 e. The number of likely N-dealkylation sites (N-methyl/N-ethyl adjacent to an activating group) is 1. The molecule has 0 aliphatic carbocycles. The number of benzene rings is 1. The van der Waals surface area contributed by atoms with Gasteiger partial charge in [-0.1, -0.05) is 6.07 Å². The topological polar surface area (TPSA) is 48.0 Å². The van der Waals surface area contributed by atoms with Gasteiger partial charge in [-0.2, -0.15) is 0 Å². The van der Waals surface area contributed by atoms with Crippen molar-refractivity contribution in [3.8, 4) is 5.75 Å². The Labute approximate surface area is 121 Å². The zero-order valence-electron chi connectivity index (χ0n) is 12.4. The van der Waals surface area contributed by atoms with Gasteiger partial charge in [0.25, 0.3) is 0 Å². The monoisotopic (exact) mass is 279 g/mol. The second kappa shape index (κ2) is 7.47. The Hall–Kier alpha value is -1.30. The molecule has 2 rings (SSSR count). The zero-order valence-corrected chi connectivity index (χ0v) is 12.4. The Morgan fingerprint density at radius 3 is 2.65 bits per heavy atom. The quantitative estimate of drug-likeness (QED) is 0.789. The fourth-order valence-corrected chi connectivity index (χ4v) is 2.55. The van der Waals surface area contributed by atoms with Gasteiger partial charge in [0.05, 0.1) is 13.7 Å². The average molecular weight is 279 g/mol. The average Bonchev–Trinajstić information content (AvgIpc) is 2.53. The lowest BCUT2D eigenvalue weighted by molar-refractivity contribution is 0.180. The largest absolute Gasteiger partial charge is 0.497 e. The van der Waals surface area contributed by atoms with Gasteiger partial charge < -0.3 is 20.1 Å². The van der Waals surface area contributed by atoms with E-state index in [1.54, 1.807) is 7.11 Å². The molecule has 0 aromatic heterocycles. The highest BCUT2D eigenvalue weighted by Crippen LogP contribution is 2.22. The molecule has 0 spiro atoms. The molecule has 1 atom stereocenters. The number of methoxy groups -OCH3 is 1. The van der Waals surface area contributed by atoms with Crippen LogP contribution in [0.3, 0.4) is 0 Å². The van der Waals surface area contributed by atoms with Crippen LogP contribution in [-0.4, -0.2) is 69.5 Å². The molecule has 5 nitrogen and oxygen atoms in total. The highest BCUT2D eigenvalue weighted by atomic mass is 16.5. The minimum atomic E-state index is 0.165. The Morgan fingerprint density at radius 1 is 1.30 bits per heavy atom. The molecule has 1 saturated heterocycles. The molecule has 0 amide bonds. The lowest BCUT2D eigenvalue weighted by Gasteiger charge is -2.37. The molecule has 112 valence electrons. The van der Waals surface area contributed by atoms with Crippen molar-refractivity contribution in [2.75, 3.05) is 58.4 Å². The lowest BCUT2D eigenvalue weighted by atomic mass is 10.2. The first-order chi connectivity index (χ1) is 9.76. The van der Waals surface area contributed by atoms with Crippen LogP contribution in [0.15, 0.2) is 24.3 Å². The van der Waals surface area contributed by atoms with E-state index in [1.165, 1.54) is 5.69 Å². The van der Waals surface area contributed by atoms with Crippen LogP contribution >= 0.6 is 0 Å². The van der Waals surface area contributed by atoms with Gasteiger partial charge in [0.15, 0.2) is 0 Å². The van der Waals surface area contributed by atoms with Crippen LogP contribution in [0.5, 0.6) is 5.75 Å². The fourth-order valence-electron chi connectivity index (χ4n) is 2.55. The summed E-state index contributed by atoms with van der Waals surface area (Å²) in [6, 6.07) is 8.38. The predicted octanol–water partition coefficient (Wildman–Crippen LogP) is 0.398. The number of ether oxygens (including phenoxy) is 1. The van der Waals surface area contributed by atoms with Crippen LogP contribution in [0.2, 0.25) is 0 Å². The molecule has 1 aliphatic heterocycles. The Bertz CT molecular complexity index is 402. The smallest absolute Gasteiger partial charge is 0.120 e. The third-order valence-electron chi connectivity index (χ3n) is 3.90. The highest BCUT2D eigenvalue weighted by Gasteiger charge is 2.19. The van der Waals surface area contributed by atoms with E-state index >= 15 is 0 Å². The summed E-state index contributed by atoms with van der Waals surface area (Å²) in [6.45, 7) is 5.15. The van der Waals surface area contributed by atoms with Crippen LogP contribution in [0.1, 0.15) is 0 Å². The molecule has 1 unspecified atom stereocenters. The van der Waals surface area contributed by atoms with Crippen LogP contribution in [0.4, 0.5) is 5.69 Å².